The number of hydrogen-bond acceptors (Lipinski definition) is 34. The number of carbonyl (C=O) groups is 1. The van der Waals surface area contributed by atoms with Gasteiger partial charge >= 0.3 is 0 Å². The lowest BCUT2D eigenvalue weighted by molar-refractivity contribution is -0.414. The number of ether oxygens (including phenoxy) is 14. The number of fused-ring (bicyclic) bond motifs is 7. The fourth-order valence-corrected chi connectivity index (χ4v) is 18.8. The van der Waals surface area contributed by atoms with E-state index in [1.165, 1.54) is 6.92 Å². The van der Waals surface area contributed by atoms with E-state index in [0.717, 1.165) is 12.8 Å². The van der Waals surface area contributed by atoms with Gasteiger partial charge in [0.1, 0.15) is 146 Å². The molecule has 19 N–H and O–H groups in total. The fraction of sp³-hybridized carbons (Fsp3) is 0.984. The van der Waals surface area contributed by atoms with Crippen molar-refractivity contribution >= 4 is 5.78 Å². The average Bonchev–Trinajstić information content (AvgIpc) is 1.56. The first kappa shape index (κ1) is 75.0. The number of aliphatic hydroxyl groups excluding tert-OH is 19. The zero-order valence-electron chi connectivity index (χ0n) is 54.6. The molecule has 97 heavy (non-hydrogen) atoms. The van der Waals surface area contributed by atoms with E-state index < -0.39 is 246 Å². The number of rotatable bonds is 17. The lowest BCUT2D eigenvalue weighted by atomic mass is 9.43. The summed E-state index contributed by atoms with van der Waals surface area (Å²) >= 11 is 0. The van der Waals surface area contributed by atoms with E-state index in [4.69, 9.17) is 66.3 Å². The van der Waals surface area contributed by atoms with E-state index in [-0.39, 0.29) is 53.8 Å². The van der Waals surface area contributed by atoms with E-state index >= 15 is 0 Å². The molecule has 0 bridgehead atoms. The summed E-state index contributed by atoms with van der Waals surface area (Å²) in [5.41, 5.74) is -1.17. The molecule has 4 aliphatic carbocycles. The van der Waals surface area contributed by atoms with Crippen LogP contribution < -0.4 is 0 Å². The summed E-state index contributed by atoms with van der Waals surface area (Å²) < 4.78 is 85.1. The molecular weight excluding hydrogens is 1300 g/mol. The van der Waals surface area contributed by atoms with E-state index in [1.807, 2.05) is 0 Å². The van der Waals surface area contributed by atoms with Crippen LogP contribution in [0.25, 0.3) is 0 Å². The Kier molecular flexibility index (Phi) is 22.7. The maximum atomic E-state index is 14.9. The first-order valence-corrected chi connectivity index (χ1v) is 34.3. The highest BCUT2D eigenvalue weighted by molar-refractivity contribution is 5.87. The second kappa shape index (κ2) is 29.4. The lowest BCUT2D eigenvalue weighted by Gasteiger charge is -2.62. The standard InChI is InChI=1S/C63H102O34/c1-20-6-9-63(84-19-20)21(2)36-29(97-63)12-26-24-11-28(69)27-10-23(7-8-61(27,4)25(24)13-35(70)62(26,36)5)86-56-47(81)43(77)51(34(18-68)90-56)93-60-54(96-59-49(83)52(39(73)31(15-65)88-59)94-57-46(80)42(76)38(72)30(14-64)87-57)53(40(74)32(16-66)89-60)95-58-48(82)44(78)50(33(17-67)91-58)92-55-45(79)41(75)37(71)22(3)85-55/h20-34,36-60,64-69,71-83H,6-19H2,1-5H3/t20-,21+,22+,23?,24?,25?,26?,27?,28?,29+,30-,31-,32-,33-,34-,36+,37+,38-,39-,40-,41-,42+,43-,44-,45-,46-,47-,48-,49-,50-,51+,52+,53+,54-,55+,56-,57+,58+,59+,60+,61-,62-,63-/m1/s1. The Labute approximate surface area is 558 Å². The number of aliphatic hydroxyl groups is 19. The predicted molar refractivity (Wildman–Crippen MR) is 314 cm³/mol. The molecule has 12 fully saturated rings. The van der Waals surface area contributed by atoms with Crippen LogP contribution in [0, 0.1) is 52.3 Å². The van der Waals surface area contributed by atoms with E-state index in [2.05, 4.69) is 27.7 Å². The zero-order chi connectivity index (χ0) is 70.0. The highest BCUT2D eigenvalue weighted by atomic mass is 16.8. The van der Waals surface area contributed by atoms with Gasteiger partial charge in [-0.3, -0.25) is 4.79 Å². The summed E-state index contributed by atoms with van der Waals surface area (Å²) in [6.07, 6.45) is -55.5. The maximum Gasteiger partial charge on any atom is 0.187 e. The predicted octanol–water partition coefficient (Wildman–Crippen LogP) is -8.08. The Morgan fingerprint density at radius 2 is 0.907 bits per heavy atom. The molecule has 34 nitrogen and oxygen atoms in total. The number of Topliss-reactive ketones (excluding diaryl/α,β-unsaturated/α-hetero) is 1. The average molecular weight is 1400 g/mol. The van der Waals surface area contributed by atoms with Gasteiger partial charge < -0.3 is 163 Å². The monoisotopic (exact) mass is 1400 g/mol. The largest absolute Gasteiger partial charge is 0.394 e. The van der Waals surface area contributed by atoms with Crippen molar-refractivity contribution in [3.63, 3.8) is 0 Å². The Morgan fingerprint density at radius 1 is 0.433 bits per heavy atom. The molecule has 0 amide bonds. The molecular formula is C63H102O34. The van der Waals surface area contributed by atoms with Gasteiger partial charge in [0.2, 0.25) is 0 Å². The van der Waals surface area contributed by atoms with Gasteiger partial charge in [-0.05, 0) is 80.5 Å². The summed E-state index contributed by atoms with van der Waals surface area (Å²) in [6, 6.07) is 0. The molecule has 6 unspecified atom stereocenters. The summed E-state index contributed by atoms with van der Waals surface area (Å²) in [5, 5.41) is 212. The molecule has 1 spiro atoms. The molecule has 8 aliphatic heterocycles. The first-order chi connectivity index (χ1) is 46.0. The zero-order valence-corrected chi connectivity index (χ0v) is 54.6. The summed E-state index contributed by atoms with van der Waals surface area (Å²) in [5.74, 6) is -0.547. The molecule has 558 valence electrons. The van der Waals surface area contributed by atoms with Crippen LogP contribution in [0.3, 0.4) is 0 Å². The van der Waals surface area contributed by atoms with Crippen LogP contribution >= 0.6 is 0 Å². The van der Waals surface area contributed by atoms with Gasteiger partial charge in [0, 0.05) is 30.1 Å². The quantitative estimate of drug-likeness (QED) is 0.0602. The molecule has 8 saturated heterocycles. The van der Waals surface area contributed by atoms with Crippen LogP contribution in [0.2, 0.25) is 0 Å². The van der Waals surface area contributed by atoms with Crippen LogP contribution in [0.1, 0.15) is 86.0 Å². The van der Waals surface area contributed by atoms with E-state index in [0.29, 0.717) is 44.6 Å². The normalized spacial score (nSPS) is 57.2. The van der Waals surface area contributed by atoms with Crippen molar-refractivity contribution in [2.24, 2.45) is 52.3 Å². The van der Waals surface area contributed by atoms with Crippen molar-refractivity contribution < 1.29 is 168 Å². The minimum Gasteiger partial charge on any atom is -0.394 e. The summed E-state index contributed by atoms with van der Waals surface area (Å²) in [6.45, 7) is 5.43. The van der Waals surface area contributed by atoms with Gasteiger partial charge in [0.15, 0.2) is 43.5 Å². The topological polar surface area (TPSA) is 531 Å². The van der Waals surface area contributed by atoms with Crippen molar-refractivity contribution in [3.8, 4) is 0 Å². The second-order valence-corrected chi connectivity index (χ2v) is 29.9. The van der Waals surface area contributed by atoms with Crippen molar-refractivity contribution in [2.45, 2.75) is 294 Å². The SMILES string of the molecule is C[C@@H]1CC[C@@]2(OC1)O[C@H]1CC3C4CC(O)C5CC(O[C@@H]6O[C@H](CO)[C@H](O[C@@H]7O[C@H](CO)[C@@H](O)[C@H](O[C@@H]8O[C@H](CO)[C@@H](O[C@@H]9O[C@@H](C)[C@H](O)[C@@H](O)[C@H]9O)[C@H](O)[C@H]8O)[C@H]7O[C@@H]7O[C@H](CO)[C@@H](O)[C@H](O[C@@H]8O[C@H](CO)[C@@H](O)[C@H](O)[C@H]8O)[C@H]7O)[C@H](O)[C@H]6O)CC[C@]5(C)C4CC(=O)[C@]3(C)[C@H]1[C@@H]2C. The van der Waals surface area contributed by atoms with Gasteiger partial charge in [-0.2, -0.15) is 0 Å². The van der Waals surface area contributed by atoms with Crippen LogP contribution in [0.15, 0.2) is 0 Å². The summed E-state index contributed by atoms with van der Waals surface area (Å²) in [4.78, 5) is 14.9. The molecule has 0 aromatic carbocycles. The molecule has 12 aliphatic rings. The first-order valence-electron chi connectivity index (χ1n) is 34.3. The van der Waals surface area contributed by atoms with Gasteiger partial charge in [0.25, 0.3) is 0 Å². The van der Waals surface area contributed by atoms with Crippen molar-refractivity contribution in [2.75, 3.05) is 39.6 Å². The number of ketones is 1. The van der Waals surface area contributed by atoms with Crippen LogP contribution in [0.4, 0.5) is 0 Å². The third kappa shape index (κ3) is 13.2. The highest BCUT2D eigenvalue weighted by Crippen LogP contribution is 2.70. The molecule has 8 heterocycles. The van der Waals surface area contributed by atoms with Crippen LogP contribution in [0.5, 0.6) is 0 Å². The van der Waals surface area contributed by atoms with Gasteiger partial charge in [0.05, 0.1) is 64.1 Å². The minimum absolute atomic E-state index is 0.00137. The van der Waals surface area contributed by atoms with Crippen molar-refractivity contribution in [1.29, 1.82) is 0 Å². The molecule has 0 aromatic rings. The molecule has 12 rings (SSSR count). The molecule has 0 radical (unpaired) electrons. The Bertz CT molecular complexity index is 2630. The fourth-order valence-electron chi connectivity index (χ4n) is 18.8. The molecule has 4 saturated carbocycles. The maximum absolute atomic E-state index is 14.9. The highest BCUT2D eigenvalue weighted by Gasteiger charge is 2.73. The number of hydrogen-bond donors (Lipinski definition) is 19. The Hall–Kier alpha value is -1.65. The van der Waals surface area contributed by atoms with Crippen LogP contribution in [-0.2, 0) is 71.1 Å². The minimum atomic E-state index is -2.31. The van der Waals surface area contributed by atoms with E-state index in [1.54, 1.807) is 0 Å². The van der Waals surface area contributed by atoms with Crippen LogP contribution in [-0.4, -0.2) is 351 Å². The van der Waals surface area contributed by atoms with Gasteiger partial charge in [-0.15, -0.1) is 0 Å². The van der Waals surface area contributed by atoms with Gasteiger partial charge in [-0.25, -0.2) is 0 Å². The van der Waals surface area contributed by atoms with Crippen molar-refractivity contribution in [1.82, 2.24) is 0 Å². The molecule has 0 aromatic heterocycles. The van der Waals surface area contributed by atoms with E-state index in [9.17, 15) is 102 Å². The van der Waals surface area contributed by atoms with Gasteiger partial charge in [-0.1, -0.05) is 27.7 Å². The molecule has 34 heteroatoms. The third-order valence-corrected chi connectivity index (χ3v) is 24.5. The second-order valence-electron chi connectivity index (χ2n) is 29.9. The number of carbonyl (C=O) groups excluding carboxylic acids is 1. The smallest absolute Gasteiger partial charge is 0.187 e. The van der Waals surface area contributed by atoms with Crippen molar-refractivity contribution in [3.05, 3.63) is 0 Å². The Morgan fingerprint density at radius 3 is 1.48 bits per heavy atom. The lowest BCUT2D eigenvalue weighted by Crippen LogP contribution is -2.69. The Balaban J connectivity index is 0.772. The third-order valence-electron chi connectivity index (χ3n) is 24.5. The summed E-state index contributed by atoms with van der Waals surface area (Å²) in [7, 11) is 0. The molecule has 43 atom stereocenters.